The minimum Gasteiger partial charge on any atom is -0.494 e. The van der Waals surface area contributed by atoms with Crippen molar-refractivity contribution < 1.29 is 18.5 Å². The third-order valence-electron chi connectivity index (χ3n) is 3.33. The molecule has 0 N–H and O–H groups in total. The van der Waals surface area contributed by atoms with Crippen LogP contribution in [0.15, 0.2) is 50.7 Å². The molecule has 0 fully saturated rings. The summed E-state index contributed by atoms with van der Waals surface area (Å²) < 4.78 is 16.3. The van der Waals surface area contributed by atoms with Crippen molar-refractivity contribution in [1.82, 2.24) is 10.2 Å². The molecule has 3 aromatic rings. The van der Waals surface area contributed by atoms with E-state index in [0.717, 1.165) is 23.5 Å². The van der Waals surface area contributed by atoms with Crippen LogP contribution in [0, 0.1) is 17.0 Å². The smallest absolute Gasteiger partial charge is 0.276 e. The second-order valence-electron chi connectivity index (χ2n) is 5.07. The summed E-state index contributed by atoms with van der Waals surface area (Å²) >= 11 is 1.45. The van der Waals surface area contributed by atoms with Crippen molar-refractivity contribution in [2.75, 3.05) is 12.4 Å². The van der Waals surface area contributed by atoms with Gasteiger partial charge in [-0.1, -0.05) is 11.8 Å². The Bertz CT molecular complexity index is 844. The number of aryl methyl sites for hydroxylation is 1. The highest BCUT2D eigenvalue weighted by atomic mass is 32.2. The molecule has 0 radical (unpaired) electrons. The number of benzene rings is 1. The van der Waals surface area contributed by atoms with Crippen LogP contribution in [0.4, 0.5) is 5.69 Å². The second-order valence-corrected chi connectivity index (χ2v) is 6.11. The summed E-state index contributed by atoms with van der Waals surface area (Å²) in [5.74, 6) is 2.53. The first kappa shape index (κ1) is 17.0. The summed E-state index contributed by atoms with van der Waals surface area (Å²) in [5.41, 5.74) is 0.837. The van der Waals surface area contributed by atoms with Crippen LogP contribution in [0.5, 0.6) is 5.75 Å². The molecular formula is C16H15N3O5S. The molecule has 25 heavy (non-hydrogen) atoms. The number of ether oxygens (including phenoxy) is 1. The molecule has 2 heterocycles. The van der Waals surface area contributed by atoms with E-state index in [1.165, 1.54) is 23.9 Å². The molecule has 0 saturated carbocycles. The summed E-state index contributed by atoms with van der Waals surface area (Å²) in [6, 6.07) is 7.80. The maximum Gasteiger partial charge on any atom is 0.276 e. The molecular weight excluding hydrogens is 346 g/mol. The molecule has 0 aliphatic heterocycles. The minimum atomic E-state index is -0.440. The average molecular weight is 361 g/mol. The van der Waals surface area contributed by atoms with E-state index in [0.29, 0.717) is 23.5 Å². The van der Waals surface area contributed by atoms with E-state index in [2.05, 4.69) is 10.2 Å². The lowest BCUT2D eigenvalue weighted by Crippen LogP contribution is -1.98. The molecule has 0 amide bonds. The van der Waals surface area contributed by atoms with Crippen molar-refractivity contribution in [3.63, 3.8) is 0 Å². The van der Waals surface area contributed by atoms with E-state index in [9.17, 15) is 10.1 Å². The molecule has 0 aliphatic carbocycles. The Morgan fingerprint density at radius 1 is 1.24 bits per heavy atom. The Labute approximate surface area is 147 Å². The van der Waals surface area contributed by atoms with Crippen LogP contribution in [0.3, 0.4) is 0 Å². The lowest BCUT2D eigenvalue weighted by molar-refractivity contribution is -0.384. The van der Waals surface area contributed by atoms with Gasteiger partial charge in [-0.15, -0.1) is 10.2 Å². The third-order valence-corrected chi connectivity index (χ3v) is 4.23. The van der Waals surface area contributed by atoms with Crippen molar-refractivity contribution in [2.24, 2.45) is 0 Å². The van der Waals surface area contributed by atoms with Gasteiger partial charge in [0.1, 0.15) is 11.5 Å². The zero-order valence-electron chi connectivity index (χ0n) is 13.4. The Balaban J connectivity index is 1.41. The van der Waals surface area contributed by atoms with Gasteiger partial charge in [0.15, 0.2) is 0 Å². The van der Waals surface area contributed by atoms with Gasteiger partial charge in [-0.2, -0.15) is 0 Å². The molecule has 2 aromatic heterocycles. The van der Waals surface area contributed by atoms with E-state index < -0.39 is 4.92 Å². The predicted octanol–water partition coefficient (Wildman–Crippen LogP) is 4.11. The molecule has 0 unspecified atom stereocenters. The van der Waals surface area contributed by atoms with Crippen molar-refractivity contribution in [3.8, 4) is 17.2 Å². The fourth-order valence-electron chi connectivity index (χ4n) is 2.06. The summed E-state index contributed by atoms with van der Waals surface area (Å²) in [4.78, 5) is 10.1. The van der Waals surface area contributed by atoms with E-state index in [1.807, 2.05) is 6.92 Å². The van der Waals surface area contributed by atoms with Gasteiger partial charge in [0.25, 0.3) is 16.8 Å². The van der Waals surface area contributed by atoms with Gasteiger partial charge in [-0.3, -0.25) is 10.1 Å². The maximum atomic E-state index is 10.6. The first-order valence-corrected chi connectivity index (χ1v) is 8.50. The van der Waals surface area contributed by atoms with Gasteiger partial charge in [0.05, 0.1) is 23.4 Å². The van der Waals surface area contributed by atoms with Crippen LogP contribution in [-0.4, -0.2) is 27.5 Å². The Morgan fingerprint density at radius 2 is 2.04 bits per heavy atom. The van der Waals surface area contributed by atoms with Gasteiger partial charge in [-0.25, -0.2) is 0 Å². The molecule has 130 valence electrons. The van der Waals surface area contributed by atoms with Gasteiger partial charge in [0.2, 0.25) is 0 Å². The lowest BCUT2D eigenvalue weighted by Gasteiger charge is -2.04. The third kappa shape index (κ3) is 4.38. The maximum absolute atomic E-state index is 10.6. The topological polar surface area (TPSA) is 104 Å². The molecule has 0 spiro atoms. The van der Waals surface area contributed by atoms with Crippen molar-refractivity contribution >= 4 is 17.4 Å². The summed E-state index contributed by atoms with van der Waals surface area (Å²) in [6.45, 7) is 2.33. The zero-order valence-corrected chi connectivity index (χ0v) is 14.2. The first-order valence-electron chi connectivity index (χ1n) is 7.51. The lowest BCUT2D eigenvalue weighted by atomic mass is 10.3. The quantitative estimate of drug-likeness (QED) is 0.255. The molecule has 0 aliphatic rings. The minimum absolute atomic E-state index is 0.0444. The fraction of sp³-hybridized carbons (Fsp3) is 0.250. The number of rotatable bonds is 8. The van der Waals surface area contributed by atoms with Gasteiger partial charge < -0.3 is 13.6 Å². The number of aromatic nitrogens is 2. The molecule has 1 aromatic carbocycles. The molecule has 8 nitrogen and oxygen atoms in total. The van der Waals surface area contributed by atoms with Gasteiger partial charge >= 0.3 is 0 Å². The number of nitro benzene ring substituents is 1. The SMILES string of the molecule is Cc1occc1-c1nnc(SCCCOc2ccc([N+](=O)[O-])cc2)o1. The predicted molar refractivity (Wildman–Crippen MR) is 90.7 cm³/mol. The largest absolute Gasteiger partial charge is 0.494 e. The van der Waals surface area contributed by atoms with E-state index in [1.54, 1.807) is 24.5 Å². The Morgan fingerprint density at radius 3 is 2.72 bits per heavy atom. The highest BCUT2D eigenvalue weighted by Gasteiger charge is 2.13. The molecule has 0 saturated heterocycles. The van der Waals surface area contributed by atoms with Crippen LogP contribution < -0.4 is 4.74 Å². The second kappa shape index (κ2) is 7.84. The van der Waals surface area contributed by atoms with Crippen molar-refractivity contribution in [1.29, 1.82) is 0 Å². The van der Waals surface area contributed by atoms with Gasteiger partial charge in [0, 0.05) is 17.9 Å². The highest BCUT2D eigenvalue weighted by molar-refractivity contribution is 7.99. The molecule has 9 heteroatoms. The number of nitrogens with zero attached hydrogens (tertiary/aromatic N) is 3. The van der Waals surface area contributed by atoms with E-state index in [4.69, 9.17) is 13.6 Å². The average Bonchev–Trinajstić information content (AvgIpc) is 3.23. The summed E-state index contributed by atoms with van der Waals surface area (Å²) in [6.07, 6.45) is 2.35. The number of hydrogen-bond acceptors (Lipinski definition) is 8. The summed E-state index contributed by atoms with van der Waals surface area (Å²) in [5, 5.41) is 19.1. The van der Waals surface area contributed by atoms with Crippen LogP contribution in [-0.2, 0) is 0 Å². The van der Waals surface area contributed by atoms with Crippen LogP contribution in [0.2, 0.25) is 0 Å². The van der Waals surface area contributed by atoms with Crippen molar-refractivity contribution in [2.45, 2.75) is 18.6 Å². The number of thioether (sulfide) groups is 1. The standard InChI is InChI=1S/C16H15N3O5S/c1-11-14(7-9-22-11)15-17-18-16(24-15)25-10-2-8-23-13-5-3-12(4-6-13)19(20)21/h3-7,9H,2,8,10H2,1H3. The highest BCUT2D eigenvalue weighted by Crippen LogP contribution is 2.26. The fourth-order valence-corrected chi connectivity index (χ4v) is 2.73. The Hall–Kier alpha value is -2.81. The Kier molecular flexibility index (Phi) is 5.34. The van der Waals surface area contributed by atoms with Crippen LogP contribution in [0.1, 0.15) is 12.2 Å². The van der Waals surface area contributed by atoms with Crippen LogP contribution >= 0.6 is 11.8 Å². The number of non-ortho nitro benzene ring substituents is 1. The summed E-state index contributed by atoms with van der Waals surface area (Å²) in [7, 11) is 0. The normalized spacial score (nSPS) is 10.8. The van der Waals surface area contributed by atoms with Crippen LogP contribution in [0.25, 0.3) is 11.5 Å². The zero-order chi connectivity index (χ0) is 17.6. The van der Waals surface area contributed by atoms with E-state index >= 15 is 0 Å². The van der Waals surface area contributed by atoms with Gasteiger partial charge in [-0.05, 0) is 31.5 Å². The first-order chi connectivity index (χ1) is 12.1. The number of nitro groups is 1. The number of furan rings is 1. The molecule has 0 atom stereocenters. The number of hydrogen-bond donors (Lipinski definition) is 0. The molecule has 0 bridgehead atoms. The van der Waals surface area contributed by atoms with Crippen molar-refractivity contribution in [3.05, 3.63) is 52.5 Å². The monoisotopic (exact) mass is 361 g/mol. The molecule has 3 rings (SSSR count). The van der Waals surface area contributed by atoms with E-state index in [-0.39, 0.29) is 5.69 Å².